The van der Waals surface area contributed by atoms with E-state index in [1.807, 2.05) is 0 Å². The monoisotopic (exact) mass is 512 g/mol. The van der Waals surface area contributed by atoms with Crippen molar-refractivity contribution in [2.45, 2.75) is 156 Å². The molecule has 0 radical (unpaired) electrons. The van der Waals surface area contributed by atoms with Crippen LogP contribution >= 0.6 is 15.8 Å². The second-order valence-electron chi connectivity index (χ2n) is 14.2. The molecule has 0 fully saturated rings. The van der Waals surface area contributed by atoms with Crippen molar-refractivity contribution in [2.24, 2.45) is 0 Å². The Labute approximate surface area is 191 Å². The molecule has 0 aromatic carbocycles. The summed E-state index contributed by atoms with van der Waals surface area (Å²) < 4.78 is 0. The second-order valence-corrected chi connectivity index (χ2v) is 24.8. The van der Waals surface area contributed by atoms with Gasteiger partial charge in [-0.1, -0.05) is 0 Å². The van der Waals surface area contributed by atoms with Crippen molar-refractivity contribution in [2.75, 3.05) is 0 Å². The van der Waals surface area contributed by atoms with Crippen LogP contribution in [0.4, 0.5) is 0 Å². The Morgan fingerprint density at radius 2 is 0.333 bits per heavy atom. The van der Waals surface area contributed by atoms with Gasteiger partial charge in [0.1, 0.15) is 0 Å². The fourth-order valence-electron chi connectivity index (χ4n) is 6.75. The third-order valence-electron chi connectivity index (χ3n) is 4.50. The third-order valence-corrected chi connectivity index (χ3v) is 13.5. The quantitative estimate of drug-likeness (QED) is 0.224. The van der Waals surface area contributed by atoms with Crippen molar-refractivity contribution in [1.82, 2.24) is 0 Å². The minimum atomic E-state index is -0.391. The van der Waals surface area contributed by atoms with Gasteiger partial charge in [-0.05, 0) is 125 Å². The Kier molecular flexibility index (Phi) is 12.6. The maximum atomic E-state index is 2.40. The van der Waals surface area contributed by atoms with E-state index in [4.69, 9.17) is 0 Å². The van der Waals surface area contributed by atoms with Gasteiger partial charge in [-0.2, -0.15) is 0 Å². The molecule has 0 bridgehead atoms. The van der Waals surface area contributed by atoms with Gasteiger partial charge in [0.05, 0.1) is 30.9 Å². The Morgan fingerprint density at radius 1 is 0.259 bits per heavy atom. The van der Waals surface area contributed by atoms with Crippen LogP contribution in [0, 0.1) is 0 Å². The normalized spacial score (nSPS) is 14.7. The van der Waals surface area contributed by atoms with E-state index in [0.29, 0.717) is 30.9 Å². The van der Waals surface area contributed by atoms with E-state index in [-0.39, 0.29) is 20.4 Å². The molecule has 0 nitrogen and oxygen atoms in total. The van der Waals surface area contributed by atoms with Crippen LogP contribution in [-0.2, 0) is 20.4 Å². The van der Waals surface area contributed by atoms with Gasteiger partial charge >= 0.3 is 0 Å². The van der Waals surface area contributed by atoms with E-state index in [1.165, 1.54) is 0 Å². The van der Waals surface area contributed by atoms with Gasteiger partial charge in [0.15, 0.2) is 0 Å². The topological polar surface area (TPSA) is 0 Å². The van der Waals surface area contributed by atoms with Gasteiger partial charge < -0.3 is 0 Å². The summed E-state index contributed by atoms with van der Waals surface area (Å²) in [5.41, 5.74) is 0. The molecule has 0 saturated heterocycles. The van der Waals surface area contributed by atoms with Crippen molar-refractivity contribution in [3.8, 4) is 0 Å². The van der Waals surface area contributed by atoms with E-state index in [0.717, 1.165) is 0 Å². The van der Waals surface area contributed by atoms with Crippen molar-refractivity contribution < 1.29 is 20.4 Å². The van der Waals surface area contributed by atoms with Crippen LogP contribution < -0.4 is 0 Å². The maximum Gasteiger partial charge on any atom is 0.0703 e. The number of rotatable bonds is 0. The molecule has 0 aromatic heterocycles. The van der Waals surface area contributed by atoms with Crippen LogP contribution in [-0.4, -0.2) is 30.9 Å². The van der Waals surface area contributed by atoms with Crippen LogP contribution in [0.3, 0.4) is 0 Å². The molecule has 0 aromatic rings. The van der Waals surface area contributed by atoms with Gasteiger partial charge in [0.2, 0.25) is 0 Å². The van der Waals surface area contributed by atoms with E-state index in [1.54, 1.807) is 0 Å². The maximum absolute atomic E-state index is 2.40. The summed E-state index contributed by atoms with van der Waals surface area (Å²) in [5.74, 6) is 0. The molecule has 27 heavy (non-hydrogen) atoms. The summed E-state index contributed by atoms with van der Waals surface area (Å²) in [4.78, 5) is 0. The zero-order valence-electron chi connectivity index (χ0n) is 22.3. The molecule has 0 unspecified atom stereocenters. The summed E-state index contributed by atoms with van der Waals surface area (Å²) in [6.07, 6.45) is 0. The molecule has 0 aliphatic carbocycles. The average molecular weight is 513 g/mol. The first kappa shape index (κ1) is 33.2. The standard InChI is InChI=1S/2C12H27P.Pd/c2*1-10(2,3)13(11(4,5)6)12(7,8)9;/h2*1-9H3;/p+2. The minimum absolute atomic E-state index is 0. The zero-order valence-corrected chi connectivity index (χ0v) is 25.9. The fraction of sp³-hybridized carbons (Fsp3) is 1.00. The van der Waals surface area contributed by atoms with E-state index < -0.39 is 15.8 Å². The van der Waals surface area contributed by atoms with Gasteiger partial charge in [-0.15, -0.1) is 0 Å². The van der Waals surface area contributed by atoms with Crippen molar-refractivity contribution in [3.63, 3.8) is 0 Å². The average Bonchev–Trinajstić information content (AvgIpc) is 1.97. The first-order valence-electron chi connectivity index (χ1n) is 10.5. The first-order valence-corrected chi connectivity index (χ1v) is 13.5. The van der Waals surface area contributed by atoms with Gasteiger partial charge in [-0.3, -0.25) is 0 Å². The Balaban J connectivity index is -0.000000411. The Morgan fingerprint density at radius 3 is 0.333 bits per heavy atom. The minimum Gasteiger partial charge on any atom is -0.0261 e. The second kappa shape index (κ2) is 10.2. The zero-order chi connectivity index (χ0) is 22.2. The van der Waals surface area contributed by atoms with Crippen molar-refractivity contribution >= 4 is 15.8 Å². The summed E-state index contributed by atoms with van der Waals surface area (Å²) >= 11 is 0. The van der Waals surface area contributed by atoms with Crippen LogP contribution in [0.25, 0.3) is 0 Å². The molecule has 0 heterocycles. The largest absolute Gasteiger partial charge is 0.0703 e. The summed E-state index contributed by atoms with van der Waals surface area (Å²) in [7, 11) is -0.782. The smallest absolute Gasteiger partial charge is 0.0261 e. The molecule has 0 amide bonds. The van der Waals surface area contributed by atoms with Crippen molar-refractivity contribution in [3.05, 3.63) is 0 Å². The SMILES string of the molecule is CC(C)(C)[PH+](C(C)(C)C)C(C)(C)C.CC(C)(C)[PH+](C(C)(C)C)C(C)(C)C.[Pd]. The Bertz CT molecular complexity index is 304. The van der Waals surface area contributed by atoms with Crippen LogP contribution in [0.5, 0.6) is 0 Å². The fourth-order valence-corrected chi connectivity index (χ4v) is 20.2. The number of hydrogen-bond acceptors (Lipinski definition) is 0. The molecule has 0 spiro atoms. The predicted octanol–water partition coefficient (Wildman–Crippen LogP) is 9.19. The first-order chi connectivity index (χ1) is 10.7. The predicted molar refractivity (Wildman–Crippen MR) is 135 cm³/mol. The molecule has 0 aliphatic rings. The summed E-state index contributed by atoms with van der Waals surface area (Å²) in [6.45, 7) is 43.2. The van der Waals surface area contributed by atoms with E-state index >= 15 is 0 Å². The van der Waals surface area contributed by atoms with Gasteiger partial charge in [0, 0.05) is 36.3 Å². The van der Waals surface area contributed by atoms with Crippen LogP contribution in [0.1, 0.15) is 125 Å². The van der Waals surface area contributed by atoms with Crippen LogP contribution in [0.2, 0.25) is 0 Å². The molecule has 0 aliphatic heterocycles. The van der Waals surface area contributed by atoms with Crippen LogP contribution in [0.15, 0.2) is 0 Å². The third kappa shape index (κ3) is 12.7. The van der Waals surface area contributed by atoms with Gasteiger partial charge in [0.25, 0.3) is 0 Å². The molecule has 0 atom stereocenters. The molecule has 0 rings (SSSR count). The van der Waals surface area contributed by atoms with Crippen molar-refractivity contribution in [1.29, 1.82) is 0 Å². The summed E-state index contributed by atoms with van der Waals surface area (Å²) in [5, 5.41) is 2.92. The number of hydrogen-bond donors (Lipinski definition) is 0. The van der Waals surface area contributed by atoms with Gasteiger partial charge in [-0.25, -0.2) is 0 Å². The van der Waals surface area contributed by atoms with E-state index in [9.17, 15) is 0 Å². The summed E-state index contributed by atoms with van der Waals surface area (Å²) in [6, 6.07) is 0. The Hall–Kier alpha value is 1.52. The molecular weight excluding hydrogens is 457 g/mol. The van der Waals surface area contributed by atoms with E-state index in [2.05, 4.69) is 125 Å². The molecular formula is C24H56P2Pd+2. The molecule has 0 N–H and O–H groups in total. The molecule has 0 saturated carbocycles. The molecule has 170 valence electrons. The molecule has 3 heteroatoms.